The van der Waals surface area contributed by atoms with Gasteiger partial charge in [-0.25, -0.2) is 0 Å². The van der Waals surface area contributed by atoms with Gasteiger partial charge in [0.15, 0.2) is 6.10 Å². The van der Waals surface area contributed by atoms with Crippen LogP contribution in [0.2, 0.25) is 0 Å². The van der Waals surface area contributed by atoms with Gasteiger partial charge in [-0.1, -0.05) is 316 Å². The van der Waals surface area contributed by atoms with E-state index in [0.29, 0.717) is 19.3 Å². The lowest BCUT2D eigenvalue weighted by molar-refractivity contribution is -0.167. The van der Waals surface area contributed by atoms with Gasteiger partial charge in [0.05, 0.1) is 0 Å². The maximum Gasteiger partial charge on any atom is 0.306 e. The van der Waals surface area contributed by atoms with Gasteiger partial charge in [-0.05, 0) is 116 Å². The highest BCUT2D eigenvalue weighted by Crippen LogP contribution is 2.17. The van der Waals surface area contributed by atoms with Crippen LogP contribution in [-0.2, 0) is 28.6 Å². The van der Waals surface area contributed by atoms with Gasteiger partial charge in [0.1, 0.15) is 13.2 Å². The van der Waals surface area contributed by atoms with Crippen LogP contribution >= 0.6 is 0 Å². The lowest BCUT2D eigenvalue weighted by atomic mass is 10.0. The highest BCUT2D eigenvalue weighted by Gasteiger charge is 2.19. The molecule has 474 valence electrons. The fourth-order valence-electron chi connectivity index (χ4n) is 9.73. The average molecular weight is 1150 g/mol. The van der Waals surface area contributed by atoms with Gasteiger partial charge in [0, 0.05) is 19.3 Å². The van der Waals surface area contributed by atoms with Crippen molar-refractivity contribution in [2.75, 3.05) is 13.2 Å². The van der Waals surface area contributed by atoms with Gasteiger partial charge in [0.25, 0.3) is 0 Å². The second-order valence-electron chi connectivity index (χ2n) is 23.1. The van der Waals surface area contributed by atoms with Crippen molar-refractivity contribution in [3.8, 4) is 0 Å². The third-order valence-electron chi connectivity index (χ3n) is 15.0. The molecule has 0 saturated heterocycles. The molecule has 0 radical (unpaired) electrons. The molecule has 0 rings (SSSR count). The molecule has 1 atom stereocenters. The first-order valence-corrected chi connectivity index (χ1v) is 35.0. The molecule has 6 heteroatoms. The van der Waals surface area contributed by atoms with E-state index in [1.807, 2.05) is 0 Å². The van der Waals surface area contributed by atoms with E-state index in [0.717, 1.165) is 122 Å². The summed E-state index contributed by atoms with van der Waals surface area (Å²) in [7, 11) is 0. The topological polar surface area (TPSA) is 78.9 Å². The third kappa shape index (κ3) is 68.5. The summed E-state index contributed by atoms with van der Waals surface area (Å²) >= 11 is 0. The second kappa shape index (κ2) is 70.3. The molecular formula is C77H130O6. The van der Waals surface area contributed by atoms with Crippen molar-refractivity contribution >= 4 is 17.9 Å². The van der Waals surface area contributed by atoms with E-state index in [1.165, 1.54) is 167 Å². The Kier molecular flexibility index (Phi) is 66.7. The zero-order chi connectivity index (χ0) is 59.9. The molecule has 0 aromatic rings. The lowest BCUT2D eigenvalue weighted by Crippen LogP contribution is -2.30. The molecule has 0 bridgehead atoms. The first-order valence-electron chi connectivity index (χ1n) is 35.0. The van der Waals surface area contributed by atoms with Crippen molar-refractivity contribution in [1.29, 1.82) is 0 Å². The normalized spacial score (nSPS) is 12.9. The van der Waals surface area contributed by atoms with Crippen molar-refractivity contribution < 1.29 is 28.6 Å². The Bertz CT molecular complexity index is 1700. The Morgan fingerprint density at radius 1 is 0.253 bits per heavy atom. The van der Waals surface area contributed by atoms with Crippen LogP contribution in [-0.4, -0.2) is 37.2 Å². The van der Waals surface area contributed by atoms with E-state index in [4.69, 9.17) is 14.2 Å². The molecule has 0 saturated carbocycles. The number of hydrogen-bond acceptors (Lipinski definition) is 6. The molecule has 0 aromatic carbocycles. The van der Waals surface area contributed by atoms with E-state index < -0.39 is 6.10 Å². The summed E-state index contributed by atoms with van der Waals surface area (Å²) in [5, 5.41) is 0. The van der Waals surface area contributed by atoms with Crippen LogP contribution in [0.5, 0.6) is 0 Å². The number of allylic oxidation sites excluding steroid dienone is 20. The van der Waals surface area contributed by atoms with Crippen LogP contribution in [0.4, 0.5) is 0 Å². The number of hydrogen-bond donors (Lipinski definition) is 0. The fraction of sp³-hybridized carbons (Fsp3) is 0.701. The van der Waals surface area contributed by atoms with Crippen molar-refractivity contribution in [3.63, 3.8) is 0 Å². The van der Waals surface area contributed by atoms with Crippen LogP contribution in [0.15, 0.2) is 122 Å². The summed E-state index contributed by atoms with van der Waals surface area (Å²) in [4.78, 5) is 38.5. The largest absolute Gasteiger partial charge is 0.462 e. The SMILES string of the molecule is CC/C=C\C/C=C\C/C=C\C/C=C\C/C=C\C/C=C\C/C=C\C/C=C\CCCCC(=O)OCC(COC(=O)CCCCCCCCC/C=C\C/C=C\CCCCCC)OC(=O)CCCCCCCCCCCCCCCCCCCCCC. The van der Waals surface area contributed by atoms with E-state index in [2.05, 4.69) is 142 Å². The van der Waals surface area contributed by atoms with Crippen LogP contribution in [0.3, 0.4) is 0 Å². The van der Waals surface area contributed by atoms with E-state index in [1.54, 1.807) is 0 Å². The van der Waals surface area contributed by atoms with Crippen LogP contribution in [0, 0.1) is 0 Å². The predicted molar refractivity (Wildman–Crippen MR) is 362 cm³/mol. The van der Waals surface area contributed by atoms with Gasteiger partial charge < -0.3 is 14.2 Å². The Balaban J connectivity index is 4.46. The van der Waals surface area contributed by atoms with Gasteiger partial charge in [-0.3, -0.25) is 14.4 Å². The molecule has 0 heterocycles. The molecule has 0 aliphatic rings. The maximum atomic E-state index is 13.0. The summed E-state index contributed by atoms with van der Waals surface area (Å²) in [5.74, 6) is -0.935. The molecule has 0 fully saturated rings. The summed E-state index contributed by atoms with van der Waals surface area (Å²) < 4.78 is 17.0. The van der Waals surface area contributed by atoms with Crippen LogP contribution in [0.25, 0.3) is 0 Å². The number of unbranched alkanes of at least 4 members (excludes halogenated alkanes) is 32. The first kappa shape index (κ1) is 78.8. The smallest absolute Gasteiger partial charge is 0.306 e. The van der Waals surface area contributed by atoms with Crippen LogP contribution in [0.1, 0.15) is 329 Å². The van der Waals surface area contributed by atoms with Crippen molar-refractivity contribution in [2.45, 2.75) is 335 Å². The lowest BCUT2D eigenvalue weighted by Gasteiger charge is -2.18. The minimum atomic E-state index is -0.803. The summed E-state index contributed by atoms with van der Waals surface area (Å²) in [5.41, 5.74) is 0. The molecule has 0 aliphatic carbocycles. The number of carbonyl (C=O) groups excluding carboxylic acids is 3. The summed E-state index contributed by atoms with van der Waals surface area (Å²) in [6.45, 7) is 6.51. The number of esters is 3. The second-order valence-corrected chi connectivity index (χ2v) is 23.1. The molecule has 1 unspecified atom stereocenters. The minimum Gasteiger partial charge on any atom is -0.462 e. The molecule has 0 aromatic heterocycles. The molecule has 6 nitrogen and oxygen atoms in total. The highest BCUT2D eigenvalue weighted by atomic mass is 16.6. The van der Waals surface area contributed by atoms with Gasteiger partial charge in [-0.2, -0.15) is 0 Å². The van der Waals surface area contributed by atoms with Gasteiger partial charge in [0.2, 0.25) is 0 Å². The minimum absolute atomic E-state index is 0.0957. The standard InChI is InChI=1S/C77H130O6/c1-4-7-10-13-16-19-22-25-28-31-34-36-37-38-39-40-41-42-44-46-49-52-55-58-61-64-67-70-76(79)82-73-74(72-81-75(78)69-66-63-60-57-54-51-48-45-33-30-27-24-21-18-15-12-9-6-3)83-77(80)71-68-65-62-59-56-53-50-47-43-35-32-29-26-23-20-17-14-11-8-5-2/h7,10,16,19,21,24-25,28,30,33-34,36,38-39,41-42,46,49,55,58,74H,4-6,8-9,11-15,17-18,20,22-23,26-27,29,31-32,35,37,40,43-45,47-48,50-54,56-57,59-73H2,1-3H3/b10-7-,19-16-,24-21-,28-25-,33-30-,36-34-,39-38-,42-41-,49-46-,58-55-. The van der Waals surface area contributed by atoms with Gasteiger partial charge >= 0.3 is 17.9 Å². The maximum absolute atomic E-state index is 13.0. The van der Waals surface area contributed by atoms with Crippen molar-refractivity contribution in [1.82, 2.24) is 0 Å². The zero-order valence-electron chi connectivity index (χ0n) is 54.4. The van der Waals surface area contributed by atoms with E-state index in [-0.39, 0.29) is 31.1 Å². The first-order chi connectivity index (χ1) is 41.0. The van der Waals surface area contributed by atoms with Crippen LogP contribution < -0.4 is 0 Å². The van der Waals surface area contributed by atoms with Crippen molar-refractivity contribution in [2.24, 2.45) is 0 Å². The highest BCUT2D eigenvalue weighted by molar-refractivity contribution is 5.71. The molecule has 0 aliphatic heterocycles. The fourth-order valence-corrected chi connectivity index (χ4v) is 9.73. The summed E-state index contributed by atoms with van der Waals surface area (Å²) in [6, 6.07) is 0. The monoisotopic (exact) mass is 1150 g/mol. The summed E-state index contributed by atoms with van der Waals surface area (Å²) in [6.07, 6.45) is 97.8. The number of ether oxygens (including phenoxy) is 3. The van der Waals surface area contributed by atoms with E-state index >= 15 is 0 Å². The molecule has 0 amide bonds. The Morgan fingerprint density at radius 3 is 0.771 bits per heavy atom. The number of rotatable bonds is 63. The zero-order valence-corrected chi connectivity index (χ0v) is 54.4. The Hall–Kier alpha value is -4.19. The van der Waals surface area contributed by atoms with Crippen molar-refractivity contribution in [3.05, 3.63) is 122 Å². The van der Waals surface area contributed by atoms with E-state index in [9.17, 15) is 14.4 Å². The third-order valence-corrected chi connectivity index (χ3v) is 15.0. The van der Waals surface area contributed by atoms with Gasteiger partial charge in [-0.15, -0.1) is 0 Å². The predicted octanol–water partition coefficient (Wildman–Crippen LogP) is 24.3. The Morgan fingerprint density at radius 2 is 0.470 bits per heavy atom. The quantitative estimate of drug-likeness (QED) is 0.0261. The number of carbonyl (C=O) groups is 3. The molecule has 83 heavy (non-hydrogen) atoms. The molecule has 0 spiro atoms. The molecular weight excluding hydrogens is 1020 g/mol. The Labute approximate surface area is 513 Å². The molecule has 0 N–H and O–H groups in total. The average Bonchev–Trinajstić information content (AvgIpc) is 3.49.